The van der Waals surface area contributed by atoms with Crippen LogP contribution < -0.4 is 5.56 Å². The number of H-pyrrole nitrogens is 1. The summed E-state index contributed by atoms with van der Waals surface area (Å²) in [7, 11) is 0. The Bertz CT molecular complexity index is 1510. The van der Waals surface area contributed by atoms with E-state index in [-0.39, 0.29) is 17.1 Å². The van der Waals surface area contributed by atoms with Crippen LogP contribution in [0, 0.1) is 9.77 Å². The number of nitrogens with zero attached hydrogens (tertiary/aromatic N) is 4. The van der Waals surface area contributed by atoms with Gasteiger partial charge in [-0.05, 0) is 36.5 Å². The minimum Gasteiger partial charge on any atom is -0.338 e. The van der Waals surface area contributed by atoms with Gasteiger partial charge in [0, 0.05) is 11.3 Å². The number of hydrogen-bond acceptors (Lipinski definition) is 8. The van der Waals surface area contributed by atoms with Crippen molar-refractivity contribution in [3.63, 3.8) is 0 Å². The number of halogens is 1. The third-order valence-corrected chi connectivity index (χ3v) is 6.54. The summed E-state index contributed by atoms with van der Waals surface area (Å²) < 4.78 is 21.4. The van der Waals surface area contributed by atoms with Crippen LogP contribution in [0.1, 0.15) is 5.89 Å². The lowest BCUT2D eigenvalue weighted by Crippen LogP contribution is -2.09. The lowest BCUT2D eigenvalue weighted by atomic mass is 10.2. The highest BCUT2D eigenvalue weighted by Gasteiger charge is 2.15. The number of benzene rings is 2. The Morgan fingerprint density at radius 1 is 1.16 bits per heavy atom. The number of para-hydroxylation sites is 1. The molecule has 0 aliphatic carbocycles. The van der Waals surface area contributed by atoms with Crippen molar-refractivity contribution in [3.05, 3.63) is 80.6 Å². The van der Waals surface area contributed by atoms with Gasteiger partial charge in [0.15, 0.2) is 14.8 Å². The van der Waals surface area contributed by atoms with Crippen LogP contribution in [0.5, 0.6) is 0 Å². The molecule has 7 nitrogen and oxygen atoms in total. The topological polar surface area (TPSA) is 89.6 Å². The first-order valence-electron chi connectivity index (χ1n) is 9.01. The van der Waals surface area contributed by atoms with E-state index in [4.69, 9.17) is 16.7 Å². The van der Waals surface area contributed by atoms with Crippen LogP contribution in [-0.2, 0) is 5.75 Å². The van der Waals surface area contributed by atoms with E-state index in [0.29, 0.717) is 36.7 Å². The third-order valence-electron chi connectivity index (χ3n) is 4.32. The Balaban J connectivity index is 1.44. The molecule has 0 atom stereocenters. The van der Waals surface area contributed by atoms with E-state index in [9.17, 15) is 9.18 Å². The third kappa shape index (κ3) is 3.94. The Morgan fingerprint density at radius 2 is 2.00 bits per heavy atom. The molecule has 0 aliphatic heterocycles. The van der Waals surface area contributed by atoms with Gasteiger partial charge in [0.05, 0.1) is 5.75 Å². The van der Waals surface area contributed by atoms with Crippen molar-refractivity contribution in [1.29, 1.82) is 0 Å². The van der Waals surface area contributed by atoms with E-state index < -0.39 is 0 Å². The van der Waals surface area contributed by atoms with Crippen LogP contribution in [0.2, 0.25) is 0 Å². The van der Waals surface area contributed by atoms with Crippen molar-refractivity contribution in [2.75, 3.05) is 0 Å². The number of aromatic nitrogens is 5. The number of nitrogens with one attached hydrogen (secondary N) is 1. The molecule has 0 radical (unpaired) electrons. The van der Waals surface area contributed by atoms with Gasteiger partial charge in [0.1, 0.15) is 10.5 Å². The summed E-state index contributed by atoms with van der Waals surface area (Å²) in [5, 5.41) is 4.29. The second-order valence-electron chi connectivity index (χ2n) is 6.37. The molecule has 5 rings (SSSR count). The monoisotopic (exact) mass is 469 g/mol. The van der Waals surface area contributed by atoms with Crippen LogP contribution in [0.15, 0.2) is 69.1 Å². The first-order chi connectivity index (χ1) is 15.1. The quantitative estimate of drug-likeness (QED) is 0.220. The zero-order valence-electron chi connectivity index (χ0n) is 15.6. The summed E-state index contributed by atoms with van der Waals surface area (Å²) in [5.74, 6) is 0.532. The lowest BCUT2D eigenvalue weighted by Gasteiger charge is -2.04. The zero-order chi connectivity index (χ0) is 21.4. The molecule has 31 heavy (non-hydrogen) atoms. The number of thiazole rings is 1. The van der Waals surface area contributed by atoms with Crippen LogP contribution in [0.3, 0.4) is 0 Å². The van der Waals surface area contributed by atoms with Crippen molar-refractivity contribution in [2.45, 2.75) is 10.9 Å². The van der Waals surface area contributed by atoms with Gasteiger partial charge < -0.3 is 9.51 Å². The van der Waals surface area contributed by atoms with E-state index in [2.05, 4.69) is 20.1 Å². The summed E-state index contributed by atoms with van der Waals surface area (Å²) in [5.41, 5.74) is 1.60. The van der Waals surface area contributed by atoms with Crippen molar-refractivity contribution in [2.24, 2.45) is 0 Å². The minimum atomic E-state index is -0.378. The lowest BCUT2D eigenvalue weighted by molar-refractivity contribution is 0.391. The highest BCUT2D eigenvalue weighted by molar-refractivity contribution is 7.98. The maximum Gasteiger partial charge on any atom is 0.271 e. The fourth-order valence-corrected chi connectivity index (χ4v) is 4.92. The molecular formula is C20H12FN5O2S3. The summed E-state index contributed by atoms with van der Waals surface area (Å²) in [6.07, 6.45) is 0. The van der Waals surface area contributed by atoms with Gasteiger partial charge in [-0.15, -0.1) is 0 Å². The van der Waals surface area contributed by atoms with Gasteiger partial charge in [-0.3, -0.25) is 9.36 Å². The molecule has 0 bridgehead atoms. The predicted molar refractivity (Wildman–Crippen MR) is 120 cm³/mol. The van der Waals surface area contributed by atoms with Crippen molar-refractivity contribution >= 4 is 45.7 Å². The number of hydrogen-bond donors (Lipinski definition) is 1. The molecule has 2 aromatic carbocycles. The number of fused-ring (bicyclic) bond motifs is 1. The summed E-state index contributed by atoms with van der Waals surface area (Å²) in [4.78, 5) is 24.2. The first-order valence-corrected chi connectivity index (χ1v) is 11.2. The molecule has 3 heterocycles. The van der Waals surface area contributed by atoms with Crippen LogP contribution in [0.4, 0.5) is 4.39 Å². The minimum absolute atomic E-state index is 0.260. The van der Waals surface area contributed by atoms with Gasteiger partial charge in [0.2, 0.25) is 11.7 Å². The maximum absolute atomic E-state index is 13.4. The summed E-state index contributed by atoms with van der Waals surface area (Å²) >= 11 is 7.92. The van der Waals surface area contributed by atoms with E-state index in [1.165, 1.54) is 35.2 Å². The number of rotatable bonds is 5. The van der Waals surface area contributed by atoms with Crippen LogP contribution in [-0.4, -0.2) is 24.7 Å². The van der Waals surface area contributed by atoms with Gasteiger partial charge in [0.25, 0.3) is 5.56 Å². The molecule has 0 saturated heterocycles. The van der Waals surface area contributed by atoms with Crippen LogP contribution in [0.25, 0.3) is 27.4 Å². The highest BCUT2D eigenvalue weighted by Crippen LogP contribution is 2.26. The average Bonchev–Trinajstić information content (AvgIpc) is 3.37. The molecular weight excluding hydrogens is 457 g/mol. The van der Waals surface area contributed by atoms with Gasteiger partial charge in [-0.2, -0.15) is 4.98 Å². The van der Waals surface area contributed by atoms with E-state index in [1.54, 1.807) is 16.7 Å². The second-order valence-corrected chi connectivity index (χ2v) is 8.98. The Morgan fingerprint density at radius 3 is 2.81 bits per heavy atom. The fourth-order valence-electron chi connectivity index (χ4n) is 2.95. The van der Waals surface area contributed by atoms with E-state index in [1.807, 2.05) is 30.3 Å². The first kappa shape index (κ1) is 19.8. The summed E-state index contributed by atoms with van der Waals surface area (Å²) in [6, 6.07) is 15.5. The van der Waals surface area contributed by atoms with E-state index >= 15 is 0 Å². The van der Waals surface area contributed by atoms with E-state index in [0.717, 1.165) is 5.69 Å². The van der Waals surface area contributed by atoms with Crippen molar-refractivity contribution < 1.29 is 8.91 Å². The normalized spacial score (nSPS) is 11.3. The molecule has 0 amide bonds. The van der Waals surface area contributed by atoms with Gasteiger partial charge in [-0.1, -0.05) is 58.6 Å². The standard InChI is InChI=1S/C20H12FN5O2S3/c21-12-6-4-5-11(9-12)16-22-14(28-25-16)10-30-19-23-17-15(18(27)24-19)31-20(29)26(17)13-7-2-1-3-8-13/h1-9H,10H2,(H,23,24,27). The van der Waals surface area contributed by atoms with Crippen molar-refractivity contribution in [3.8, 4) is 17.1 Å². The molecule has 5 aromatic rings. The molecule has 0 spiro atoms. The Hall–Kier alpha value is -3.15. The predicted octanol–water partition coefficient (Wildman–Crippen LogP) is 4.99. The number of aromatic amines is 1. The largest absolute Gasteiger partial charge is 0.338 e. The molecule has 3 aromatic heterocycles. The maximum atomic E-state index is 13.4. The Labute approximate surface area is 187 Å². The number of thioether (sulfide) groups is 1. The molecule has 154 valence electrons. The zero-order valence-corrected chi connectivity index (χ0v) is 18.1. The van der Waals surface area contributed by atoms with Crippen molar-refractivity contribution in [1.82, 2.24) is 24.7 Å². The molecule has 0 saturated carbocycles. The fraction of sp³-hybridized carbons (Fsp3) is 0.0500. The molecule has 0 unspecified atom stereocenters. The van der Waals surface area contributed by atoms with Gasteiger partial charge >= 0.3 is 0 Å². The van der Waals surface area contributed by atoms with Crippen LogP contribution >= 0.6 is 35.3 Å². The highest BCUT2D eigenvalue weighted by atomic mass is 32.2. The second kappa shape index (κ2) is 8.17. The molecule has 0 aliphatic rings. The summed E-state index contributed by atoms with van der Waals surface area (Å²) in [6.45, 7) is 0. The molecule has 1 N–H and O–H groups in total. The molecule has 11 heteroatoms. The SMILES string of the molecule is O=c1[nH]c(SCc2nc(-c3cccc(F)c3)no2)nc2c1sc(=S)n2-c1ccccc1. The van der Waals surface area contributed by atoms with Gasteiger partial charge in [-0.25, -0.2) is 9.37 Å². The smallest absolute Gasteiger partial charge is 0.271 e. The average molecular weight is 470 g/mol. The Kier molecular flexibility index (Phi) is 5.22. The molecule has 0 fully saturated rings.